The quantitative estimate of drug-likeness (QED) is 0.928. The van der Waals surface area contributed by atoms with Crippen molar-refractivity contribution in [1.82, 2.24) is 4.90 Å². The van der Waals surface area contributed by atoms with Gasteiger partial charge in [-0.2, -0.15) is 0 Å². The Hall–Kier alpha value is -1.46. The molecule has 1 atom stereocenters. The number of fused-ring (bicyclic) bond motifs is 1. The van der Waals surface area contributed by atoms with Gasteiger partial charge in [0.25, 0.3) is 0 Å². The first-order valence-electron chi connectivity index (χ1n) is 6.96. The molecule has 0 saturated carbocycles. The maximum Gasteiger partial charge on any atom is 0.311 e. The Kier molecular flexibility index (Phi) is 4.96. The van der Waals surface area contributed by atoms with E-state index in [4.69, 9.17) is 9.47 Å². The smallest absolute Gasteiger partial charge is 0.311 e. The normalized spacial score (nSPS) is 19.9. The summed E-state index contributed by atoms with van der Waals surface area (Å²) >= 11 is 0. The molecule has 3 rings (SSSR count). The highest BCUT2D eigenvalue weighted by atomic mass is 35.5. The summed E-state index contributed by atoms with van der Waals surface area (Å²) in [5, 5.41) is 9.61. The molecule has 1 N–H and O–H groups in total. The van der Waals surface area contributed by atoms with E-state index in [9.17, 15) is 9.90 Å². The van der Waals surface area contributed by atoms with Crippen LogP contribution in [0.2, 0.25) is 0 Å². The zero-order valence-electron chi connectivity index (χ0n) is 11.9. The molecule has 1 aromatic rings. The standard InChI is InChI=1S/C15H19NO4.ClH/c1-16-6-4-10(5-7-16)14(15(17)18)11-2-3-12-13(8-11)20-9-19-12;/h2-3,8,10,14H,4-7,9H2,1H3,(H,17,18);1H. The molecule has 1 fully saturated rings. The van der Waals surface area contributed by atoms with Crippen LogP contribution in [0, 0.1) is 5.92 Å². The lowest BCUT2D eigenvalue weighted by Crippen LogP contribution is -2.34. The van der Waals surface area contributed by atoms with E-state index in [0.29, 0.717) is 11.5 Å². The Balaban J connectivity index is 0.00000161. The molecular weight excluding hydrogens is 294 g/mol. The largest absolute Gasteiger partial charge is 0.481 e. The first-order chi connectivity index (χ1) is 9.65. The molecule has 0 aromatic heterocycles. The number of aliphatic carboxylic acids is 1. The number of nitrogens with zero attached hydrogens (tertiary/aromatic N) is 1. The fourth-order valence-corrected chi connectivity index (χ4v) is 3.08. The summed E-state index contributed by atoms with van der Waals surface area (Å²) in [6.07, 6.45) is 1.84. The molecule has 0 aliphatic carbocycles. The fraction of sp³-hybridized carbons (Fsp3) is 0.533. The molecule has 2 aliphatic heterocycles. The van der Waals surface area contributed by atoms with E-state index in [-0.39, 0.29) is 25.1 Å². The van der Waals surface area contributed by atoms with Crippen LogP contribution in [0.4, 0.5) is 0 Å². The summed E-state index contributed by atoms with van der Waals surface area (Å²) in [5.74, 6) is 0.323. The molecule has 6 heteroatoms. The lowest BCUT2D eigenvalue weighted by atomic mass is 9.80. The van der Waals surface area contributed by atoms with E-state index < -0.39 is 11.9 Å². The number of benzene rings is 1. The van der Waals surface area contributed by atoms with Gasteiger partial charge in [-0.05, 0) is 56.6 Å². The van der Waals surface area contributed by atoms with Crippen LogP contribution in [0.5, 0.6) is 11.5 Å². The van der Waals surface area contributed by atoms with Crippen LogP contribution >= 0.6 is 12.4 Å². The van der Waals surface area contributed by atoms with Gasteiger partial charge >= 0.3 is 5.97 Å². The van der Waals surface area contributed by atoms with E-state index in [1.54, 1.807) is 0 Å². The number of carbonyl (C=O) groups is 1. The third-order valence-electron chi connectivity index (χ3n) is 4.26. The van der Waals surface area contributed by atoms with Crippen LogP contribution in [0.15, 0.2) is 18.2 Å². The molecule has 116 valence electrons. The van der Waals surface area contributed by atoms with Gasteiger partial charge in [-0.15, -0.1) is 12.4 Å². The van der Waals surface area contributed by atoms with Crippen LogP contribution in [0.25, 0.3) is 0 Å². The van der Waals surface area contributed by atoms with E-state index in [1.807, 2.05) is 18.2 Å². The van der Waals surface area contributed by atoms with Crippen molar-refractivity contribution in [2.75, 3.05) is 26.9 Å². The molecule has 1 saturated heterocycles. The number of piperidine rings is 1. The van der Waals surface area contributed by atoms with E-state index in [1.165, 1.54) is 0 Å². The number of carboxylic acids is 1. The Morgan fingerprint density at radius 1 is 1.29 bits per heavy atom. The summed E-state index contributed by atoms with van der Waals surface area (Å²) in [5.41, 5.74) is 0.816. The summed E-state index contributed by atoms with van der Waals surface area (Å²) in [7, 11) is 2.08. The predicted molar refractivity (Wildman–Crippen MR) is 80.4 cm³/mol. The summed E-state index contributed by atoms with van der Waals surface area (Å²) in [6.45, 7) is 2.13. The highest BCUT2D eigenvalue weighted by Gasteiger charge is 2.32. The highest BCUT2D eigenvalue weighted by Crippen LogP contribution is 2.39. The first-order valence-corrected chi connectivity index (χ1v) is 6.96. The highest BCUT2D eigenvalue weighted by molar-refractivity contribution is 5.85. The molecule has 2 aliphatic rings. The zero-order valence-corrected chi connectivity index (χ0v) is 12.8. The van der Waals surface area contributed by atoms with Crippen molar-refractivity contribution in [2.24, 2.45) is 5.92 Å². The van der Waals surface area contributed by atoms with Gasteiger partial charge in [0, 0.05) is 0 Å². The summed E-state index contributed by atoms with van der Waals surface area (Å²) in [4.78, 5) is 13.9. The van der Waals surface area contributed by atoms with Gasteiger partial charge in [-0.1, -0.05) is 6.07 Å². The lowest BCUT2D eigenvalue weighted by Gasteiger charge is -2.32. The van der Waals surface area contributed by atoms with Gasteiger partial charge in [-0.25, -0.2) is 0 Å². The molecule has 0 radical (unpaired) electrons. The molecule has 1 unspecified atom stereocenters. The van der Waals surface area contributed by atoms with Crippen molar-refractivity contribution in [2.45, 2.75) is 18.8 Å². The second kappa shape index (κ2) is 6.54. The third kappa shape index (κ3) is 3.24. The minimum Gasteiger partial charge on any atom is -0.481 e. The first kappa shape index (κ1) is 15.9. The summed E-state index contributed by atoms with van der Waals surface area (Å²) in [6, 6.07) is 5.48. The molecular formula is C15H20ClNO4. The van der Waals surface area contributed by atoms with Gasteiger partial charge in [0.2, 0.25) is 6.79 Å². The zero-order chi connectivity index (χ0) is 14.1. The molecule has 0 bridgehead atoms. The minimum absolute atomic E-state index is 0. The second-order valence-electron chi connectivity index (χ2n) is 5.57. The van der Waals surface area contributed by atoms with Crippen LogP contribution in [-0.2, 0) is 4.79 Å². The topological polar surface area (TPSA) is 59.0 Å². The average Bonchev–Trinajstić information content (AvgIpc) is 2.88. The Morgan fingerprint density at radius 3 is 2.62 bits per heavy atom. The van der Waals surface area contributed by atoms with Crippen LogP contribution in [0.1, 0.15) is 24.3 Å². The van der Waals surface area contributed by atoms with E-state index in [2.05, 4.69) is 11.9 Å². The number of ether oxygens (including phenoxy) is 2. The number of halogens is 1. The van der Waals surface area contributed by atoms with Crippen molar-refractivity contribution in [3.63, 3.8) is 0 Å². The Morgan fingerprint density at radius 2 is 1.95 bits per heavy atom. The molecule has 5 nitrogen and oxygen atoms in total. The monoisotopic (exact) mass is 313 g/mol. The van der Waals surface area contributed by atoms with Crippen molar-refractivity contribution in [3.8, 4) is 11.5 Å². The summed E-state index contributed by atoms with van der Waals surface area (Å²) < 4.78 is 10.6. The number of hydrogen-bond acceptors (Lipinski definition) is 4. The number of hydrogen-bond donors (Lipinski definition) is 1. The molecule has 2 heterocycles. The SMILES string of the molecule is CN1CCC(C(C(=O)O)c2ccc3c(c2)OCO3)CC1.Cl. The van der Waals surface area contributed by atoms with Crippen molar-refractivity contribution < 1.29 is 19.4 Å². The van der Waals surface area contributed by atoms with Gasteiger partial charge in [0.15, 0.2) is 11.5 Å². The number of rotatable bonds is 3. The number of carboxylic acid groups (broad SMARTS) is 1. The maximum atomic E-state index is 11.7. The Bertz CT molecular complexity index is 514. The van der Waals surface area contributed by atoms with Gasteiger partial charge in [0.05, 0.1) is 5.92 Å². The van der Waals surface area contributed by atoms with Gasteiger partial charge in [0.1, 0.15) is 0 Å². The average molecular weight is 314 g/mol. The fourth-order valence-electron chi connectivity index (χ4n) is 3.08. The molecule has 0 amide bonds. The molecule has 0 spiro atoms. The van der Waals surface area contributed by atoms with Gasteiger partial charge in [-0.3, -0.25) is 4.79 Å². The second-order valence-corrected chi connectivity index (χ2v) is 5.57. The molecule has 21 heavy (non-hydrogen) atoms. The predicted octanol–water partition coefficient (Wildman–Crippen LogP) is 2.35. The Labute approximate surface area is 130 Å². The number of likely N-dealkylation sites (tertiary alicyclic amines) is 1. The van der Waals surface area contributed by atoms with Crippen LogP contribution < -0.4 is 9.47 Å². The van der Waals surface area contributed by atoms with Gasteiger partial charge < -0.3 is 19.5 Å². The van der Waals surface area contributed by atoms with E-state index >= 15 is 0 Å². The van der Waals surface area contributed by atoms with E-state index in [0.717, 1.165) is 31.5 Å². The van der Waals surface area contributed by atoms with Crippen molar-refractivity contribution in [3.05, 3.63) is 23.8 Å². The minimum atomic E-state index is -0.751. The van der Waals surface area contributed by atoms with Crippen molar-refractivity contribution in [1.29, 1.82) is 0 Å². The lowest BCUT2D eigenvalue weighted by molar-refractivity contribution is -0.140. The molecule has 1 aromatic carbocycles. The van der Waals surface area contributed by atoms with Crippen molar-refractivity contribution >= 4 is 18.4 Å². The third-order valence-corrected chi connectivity index (χ3v) is 4.26. The maximum absolute atomic E-state index is 11.7. The van der Waals surface area contributed by atoms with Crippen LogP contribution in [0.3, 0.4) is 0 Å². The van der Waals surface area contributed by atoms with Crippen LogP contribution in [-0.4, -0.2) is 42.9 Å².